The predicted molar refractivity (Wildman–Crippen MR) is 169 cm³/mol. The van der Waals surface area contributed by atoms with E-state index in [2.05, 4.69) is 27.4 Å². The number of aliphatic hydroxyl groups is 1. The third kappa shape index (κ3) is 4.89. The number of rotatable bonds is 6. The minimum absolute atomic E-state index is 0.0712. The number of benzene rings is 2. The fourth-order valence-corrected chi connectivity index (χ4v) is 6.80. The van der Waals surface area contributed by atoms with Gasteiger partial charge in [0, 0.05) is 49.0 Å². The van der Waals surface area contributed by atoms with Gasteiger partial charge in [-0.15, -0.1) is 0 Å². The number of carbonyl (C=O) groups is 2. The minimum atomic E-state index is -0.576. The molecule has 1 saturated carbocycles. The molecule has 3 N–H and O–H groups in total. The number of anilines is 1. The van der Waals surface area contributed by atoms with Crippen molar-refractivity contribution in [3.05, 3.63) is 82.9 Å². The van der Waals surface area contributed by atoms with Gasteiger partial charge >= 0.3 is 0 Å². The van der Waals surface area contributed by atoms with Gasteiger partial charge in [0.1, 0.15) is 29.4 Å². The first-order valence-corrected chi connectivity index (χ1v) is 15.7. The Morgan fingerprint density at radius 3 is 2.71 bits per heavy atom. The smallest absolute Gasteiger partial charge is 0.265 e. The van der Waals surface area contributed by atoms with Crippen LogP contribution in [-0.2, 0) is 11.4 Å². The van der Waals surface area contributed by atoms with Gasteiger partial charge in [-0.2, -0.15) is 0 Å². The van der Waals surface area contributed by atoms with E-state index >= 15 is 4.39 Å². The summed E-state index contributed by atoms with van der Waals surface area (Å²) in [7, 11) is 0. The van der Waals surface area contributed by atoms with Gasteiger partial charge in [-0.1, -0.05) is 18.2 Å². The Morgan fingerprint density at radius 2 is 1.98 bits per heavy atom. The second-order valence-corrected chi connectivity index (χ2v) is 12.3. The van der Waals surface area contributed by atoms with E-state index in [4.69, 9.17) is 4.74 Å². The lowest BCUT2D eigenvalue weighted by atomic mass is 9.95. The number of hydrogen-bond donors (Lipinski definition) is 3. The second kappa shape index (κ2) is 11.1. The second-order valence-electron chi connectivity index (χ2n) is 12.3. The molecule has 1 aliphatic carbocycles. The number of aliphatic hydroxyl groups excluding tert-OH is 1. The van der Waals surface area contributed by atoms with Gasteiger partial charge in [-0.25, -0.2) is 9.37 Å². The standard InChI is InChI=1S/C35H34FN5O4/c36-28-14-22(20-4-5-20)15-31-32(28)35(44)41(12-13-45-31)30-3-1-2-24(27(30)19-42)25-6-9-38-33-26(25)16-29(39-33)21-7-10-40(11-8-21)34(43)23-17-37-18-23/h1-3,6-7,9,14-16,20,23,37,42H,4-5,8,10-13,17-19H2,(H,38,39). The lowest BCUT2D eigenvalue weighted by molar-refractivity contribution is -0.136. The molecule has 0 unspecified atom stereocenters. The third-order valence-electron chi connectivity index (χ3n) is 9.58. The van der Waals surface area contributed by atoms with Crippen molar-refractivity contribution in [3.8, 4) is 16.9 Å². The first-order chi connectivity index (χ1) is 22.0. The quantitative estimate of drug-likeness (QED) is 0.295. The molecule has 0 radical (unpaired) electrons. The monoisotopic (exact) mass is 607 g/mol. The van der Waals surface area contributed by atoms with E-state index in [1.165, 1.54) is 11.0 Å². The van der Waals surface area contributed by atoms with Crippen LogP contribution in [0.25, 0.3) is 27.7 Å². The van der Waals surface area contributed by atoms with Crippen LogP contribution in [0.3, 0.4) is 0 Å². The van der Waals surface area contributed by atoms with Crippen molar-refractivity contribution in [1.29, 1.82) is 0 Å². The summed E-state index contributed by atoms with van der Waals surface area (Å²) in [5.74, 6) is -0.148. The molecular weight excluding hydrogens is 573 g/mol. The number of carbonyl (C=O) groups excluding carboxylic acids is 2. The molecular formula is C35H34FN5O4. The van der Waals surface area contributed by atoms with Gasteiger partial charge in [0.15, 0.2) is 0 Å². The third-order valence-corrected chi connectivity index (χ3v) is 9.58. The number of amides is 2. The summed E-state index contributed by atoms with van der Waals surface area (Å²) in [6, 6.07) is 12.8. The van der Waals surface area contributed by atoms with Gasteiger partial charge in [0.25, 0.3) is 5.91 Å². The molecule has 10 heteroatoms. The van der Waals surface area contributed by atoms with E-state index in [-0.39, 0.29) is 42.9 Å². The van der Waals surface area contributed by atoms with Crippen LogP contribution < -0.4 is 15.0 Å². The van der Waals surface area contributed by atoms with Gasteiger partial charge in [-0.05, 0) is 77.8 Å². The number of halogens is 1. The molecule has 2 aromatic heterocycles. The fourth-order valence-electron chi connectivity index (χ4n) is 6.80. The van der Waals surface area contributed by atoms with Crippen molar-refractivity contribution in [2.45, 2.75) is 31.8 Å². The van der Waals surface area contributed by atoms with E-state index in [1.807, 2.05) is 23.1 Å². The lowest BCUT2D eigenvalue weighted by Crippen LogP contribution is -2.52. The first kappa shape index (κ1) is 28.0. The van der Waals surface area contributed by atoms with Crippen LogP contribution in [0, 0.1) is 11.7 Å². The highest BCUT2D eigenvalue weighted by Gasteiger charge is 2.33. The Labute approximate surface area is 259 Å². The molecule has 2 amide bonds. The summed E-state index contributed by atoms with van der Waals surface area (Å²) < 4.78 is 21.3. The van der Waals surface area contributed by atoms with Crippen LogP contribution in [0.15, 0.2) is 54.7 Å². The SMILES string of the molecule is O=C(C1CNC1)N1CC=C(c2cc3c(-c4cccc(N5CCOc6cc(C7CC7)cc(F)c6C5=O)c4CO)ccnc3[nH]2)CC1. The Morgan fingerprint density at radius 1 is 1.11 bits per heavy atom. The molecule has 2 fully saturated rings. The maximum Gasteiger partial charge on any atom is 0.265 e. The van der Waals surface area contributed by atoms with Crippen LogP contribution in [0.1, 0.15) is 52.4 Å². The molecule has 0 atom stereocenters. The number of aromatic amines is 1. The molecule has 2 aromatic carbocycles. The molecule has 4 aromatic rings. The van der Waals surface area contributed by atoms with Crippen molar-refractivity contribution < 1.29 is 23.8 Å². The number of pyridine rings is 1. The maximum absolute atomic E-state index is 15.4. The van der Waals surface area contributed by atoms with Gasteiger partial charge in [-0.3, -0.25) is 9.59 Å². The van der Waals surface area contributed by atoms with Crippen LogP contribution in [0.5, 0.6) is 5.75 Å². The number of nitrogens with zero attached hydrogens (tertiary/aromatic N) is 3. The van der Waals surface area contributed by atoms with Crippen molar-refractivity contribution in [2.24, 2.45) is 5.92 Å². The van der Waals surface area contributed by atoms with Crippen molar-refractivity contribution in [1.82, 2.24) is 20.2 Å². The predicted octanol–water partition coefficient (Wildman–Crippen LogP) is 4.61. The number of aromatic nitrogens is 2. The summed E-state index contributed by atoms with van der Waals surface area (Å²) in [5, 5.41) is 14.8. The largest absolute Gasteiger partial charge is 0.491 e. The van der Waals surface area contributed by atoms with E-state index < -0.39 is 11.7 Å². The number of ether oxygens (including phenoxy) is 1. The minimum Gasteiger partial charge on any atom is -0.491 e. The fraction of sp³-hybridized carbons (Fsp3) is 0.343. The van der Waals surface area contributed by atoms with E-state index in [1.54, 1.807) is 18.3 Å². The topological polar surface area (TPSA) is 111 Å². The Bertz CT molecular complexity index is 1880. The van der Waals surface area contributed by atoms with Crippen LogP contribution in [0.2, 0.25) is 0 Å². The van der Waals surface area contributed by atoms with E-state index in [0.717, 1.165) is 65.7 Å². The molecule has 0 spiro atoms. The molecule has 3 aliphatic heterocycles. The Kier molecular flexibility index (Phi) is 6.91. The summed E-state index contributed by atoms with van der Waals surface area (Å²) in [5.41, 5.74) is 6.29. The van der Waals surface area contributed by atoms with E-state index in [9.17, 15) is 14.7 Å². The van der Waals surface area contributed by atoms with Crippen molar-refractivity contribution in [3.63, 3.8) is 0 Å². The highest BCUT2D eigenvalue weighted by molar-refractivity contribution is 6.09. The molecule has 230 valence electrons. The molecule has 0 bridgehead atoms. The zero-order chi connectivity index (χ0) is 30.7. The Balaban J connectivity index is 1.13. The number of fused-ring (bicyclic) bond motifs is 2. The summed E-state index contributed by atoms with van der Waals surface area (Å²) >= 11 is 0. The van der Waals surface area contributed by atoms with Gasteiger partial charge in [0.2, 0.25) is 5.91 Å². The first-order valence-electron chi connectivity index (χ1n) is 15.7. The van der Waals surface area contributed by atoms with Gasteiger partial charge < -0.3 is 29.9 Å². The van der Waals surface area contributed by atoms with Gasteiger partial charge in [0.05, 0.1) is 24.8 Å². The zero-order valence-corrected chi connectivity index (χ0v) is 24.8. The van der Waals surface area contributed by atoms with Crippen LogP contribution >= 0.6 is 0 Å². The number of hydrogen-bond acceptors (Lipinski definition) is 6. The molecule has 4 aliphatic rings. The highest BCUT2D eigenvalue weighted by Crippen LogP contribution is 2.44. The maximum atomic E-state index is 15.4. The average Bonchev–Trinajstić information content (AvgIpc) is 3.81. The molecule has 8 rings (SSSR count). The van der Waals surface area contributed by atoms with Crippen LogP contribution in [0.4, 0.5) is 10.1 Å². The molecule has 9 nitrogen and oxygen atoms in total. The Hall–Kier alpha value is -4.54. The summed E-state index contributed by atoms with van der Waals surface area (Å²) in [6.07, 6.45) is 6.61. The zero-order valence-electron chi connectivity index (χ0n) is 24.8. The summed E-state index contributed by atoms with van der Waals surface area (Å²) in [4.78, 5) is 38.0. The normalized spacial score (nSPS) is 18.7. The van der Waals surface area contributed by atoms with E-state index in [0.29, 0.717) is 35.9 Å². The van der Waals surface area contributed by atoms with Crippen molar-refractivity contribution in [2.75, 3.05) is 44.2 Å². The van der Waals surface area contributed by atoms with Crippen LogP contribution in [-0.4, -0.2) is 71.1 Å². The number of H-pyrrole nitrogens is 1. The molecule has 1 saturated heterocycles. The molecule has 5 heterocycles. The highest BCUT2D eigenvalue weighted by atomic mass is 19.1. The number of nitrogens with one attached hydrogen (secondary N) is 2. The summed E-state index contributed by atoms with van der Waals surface area (Å²) in [6.45, 7) is 2.86. The lowest BCUT2D eigenvalue weighted by Gasteiger charge is -2.34. The molecule has 45 heavy (non-hydrogen) atoms. The average molecular weight is 608 g/mol. The van der Waals surface area contributed by atoms with Crippen molar-refractivity contribution >= 4 is 34.1 Å².